The lowest BCUT2D eigenvalue weighted by Gasteiger charge is -2.16. The average molecular weight is 413 g/mol. The van der Waals surface area contributed by atoms with Crippen molar-refractivity contribution >= 4 is 5.91 Å². The molecule has 1 atom stereocenters. The van der Waals surface area contributed by atoms with E-state index in [2.05, 4.69) is 20.8 Å². The van der Waals surface area contributed by atoms with Crippen LogP contribution in [0.25, 0.3) is 16.8 Å². The average Bonchev–Trinajstić information content (AvgIpc) is 3.34. The minimum absolute atomic E-state index is 0.169. The number of hydrogen-bond acceptors (Lipinski definition) is 5. The van der Waals surface area contributed by atoms with Crippen molar-refractivity contribution in [3.63, 3.8) is 0 Å². The summed E-state index contributed by atoms with van der Waals surface area (Å²) in [5.41, 5.74) is 5.33. The van der Waals surface area contributed by atoms with Gasteiger partial charge < -0.3 is 10.1 Å². The molecule has 0 bridgehead atoms. The first-order chi connectivity index (χ1) is 15.0. The van der Waals surface area contributed by atoms with Gasteiger partial charge in [0.25, 0.3) is 5.91 Å². The smallest absolute Gasteiger partial charge is 0.251 e. The minimum Gasteiger partial charge on any atom is -0.497 e. The van der Waals surface area contributed by atoms with Gasteiger partial charge in [0, 0.05) is 5.56 Å². The number of methoxy groups -OCH3 is 1. The summed E-state index contributed by atoms with van der Waals surface area (Å²) in [6.07, 6.45) is 1.51. The molecule has 1 N–H and O–H groups in total. The van der Waals surface area contributed by atoms with Gasteiger partial charge >= 0.3 is 0 Å². The maximum atomic E-state index is 13.1. The van der Waals surface area contributed by atoms with Gasteiger partial charge in [0.1, 0.15) is 12.1 Å². The number of hydrogen-bond donors (Lipinski definition) is 1. The van der Waals surface area contributed by atoms with Crippen molar-refractivity contribution < 1.29 is 9.53 Å². The zero-order chi connectivity index (χ0) is 21.8. The number of aromatic nitrogens is 4. The Bertz CT molecular complexity index is 1170. The Kier molecular flexibility index (Phi) is 5.75. The molecule has 0 aliphatic heterocycles. The highest BCUT2D eigenvalue weighted by Gasteiger charge is 2.15. The number of ether oxygens (including phenoxy) is 1. The van der Waals surface area contributed by atoms with E-state index in [0.717, 1.165) is 22.4 Å². The highest BCUT2D eigenvalue weighted by molar-refractivity contribution is 5.96. The van der Waals surface area contributed by atoms with Crippen LogP contribution in [0.3, 0.4) is 0 Å². The summed E-state index contributed by atoms with van der Waals surface area (Å²) in [5.74, 6) is 0.603. The van der Waals surface area contributed by atoms with Crippen molar-refractivity contribution in [2.75, 3.05) is 7.11 Å². The molecule has 0 aliphatic rings. The summed E-state index contributed by atoms with van der Waals surface area (Å²) in [4.78, 5) is 13.1. The first-order valence-electron chi connectivity index (χ1n) is 9.94. The van der Waals surface area contributed by atoms with Crippen molar-refractivity contribution in [3.05, 3.63) is 89.7 Å². The molecule has 7 heteroatoms. The predicted octanol–water partition coefficient (Wildman–Crippen LogP) is 4.14. The van der Waals surface area contributed by atoms with Gasteiger partial charge in [-0.1, -0.05) is 42.0 Å². The number of aryl methyl sites for hydroxylation is 1. The number of carbonyl (C=O) groups is 1. The van der Waals surface area contributed by atoms with E-state index in [-0.39, 0.29) is 11.9 Å². The van der Waals surface area contributed by atoms with Gasteiger partial charge in [-0.2, -0.15) is 0 Å². The Morgan fingerprint density at radius 3 is 2.39 bits per heavy atom. The lowest BCUT2D eigenvalue weighted by molar-refractivity contribution is 0.0940. The Labute approximate surface area is 180 Å². The van der Waals surface area contributed by atoms with Crippen molar-refractivity contribution in [3.8, 4) is 22.6 Å². The van der Waals surface area contributed by atoms with Crippen LogP contribution in [0.4, 0.5) is 0 Å². The molecule has 0 radical (unpaired) electrons. The molecule has 156 valence electrons. The first kappa shape index (κ1) is 20.3. The van der Waals surface area contributed by atoms with Crippen LogP contribution >= 0.6 is 0 Å². The van der Waals surface area contributed by atoms with E-state index in [1.54, 1.807) is 17.9 Å². The molecule has 0 spiro atoms. The normalized spacial score (nSPS) is 11.7. The highest BCUT2D eigenvalue weighted by atomic mass is 16.5. The number of carbonyl (C=O) groups excluding carboxylic acids is 1. The van der Waals surface area contributed by atoms with Crippen molar-refractivity contribution in [2.24, 2.45) is 0 Å². The van der Waals surface area contributed by atoms with Gasteiger partial charge in [-0.25, -0.2) is 4.68 Å². The number of amides is 1. The fourth-order valence-electron chi connectivity index (χ4n) is 3.32. The van der Waals surface area contributed by atoms with E-state index in [1.807, 2.05) is 74.5 Å². The van der Waals surface area contributed by atoms with Crippen LogP contribution in [-0.4, -0.2) is 33.2 Å². The lowest BCUT2D eigenvalue weighted by atomic mass is 10.00. The molecule has 4 aromatic rings. The summed E-state index contributed by atoms with van der Waals surface area (Å²) >= 11 is 0. The zero-order valence-corrected chi connectivity index (χ0v) is 17.6. The van der Waals surface area contributed by atoms with Crippen molar-refractivity contribution in [1.82, 2.24) is 25.5 Å². The first-order valence-corrected chi connectivity index (χ1v) is 9.94. The highest BCUT2D eigenvalue weighted by Crippen LogP contribution is 2.25. The van der Waals surface area contributed by atoms with E-state index in [9.17, 15) is 4.79 Å². The summed E-state index contributed by atoms with van der Waals surface area (Å²) in [6, 6.07) is 21.3. The fraction of sp³-hybridized carbons (Fsp3) is 0.167. The molecule has 1 aromatic heterocycles. The van der Waals surface area contributed by atoms with Crippen LogP contribution in [0.1, 0.15) is 34.5 Å². The molecule has 0 unspecified atom stereocenters. The Balaban J connectivity index is 1.65. The van der Waals surface area contributed by atoms with Crippen LogP contribution in [0.15, 0.2) is 73.1 Å². The third kappa shape index (κ3) is 4.61. The molecule has 7 nitrogen and oxygen atoms in total. The molecule has 31 heavy (non-hydrogen) atoms. The number of benzene rings is 3. The molecular formula is C24H23N5O2. The van der Waals surface area contributed by atoms with E-state index < -0.39 is 0 Å². The topological polar surface area (TPSA) is 81.9 Å². The van der Waals surface area contributed by atoms with Gasteiger partial charge in [0.15, 0.2) is 0 Å². The second-order valence-corrected chi connectivity index (χ2v) is 7.36. The molecule has 3 aromatic carbocycles. The molecule has 0 fully saturated rings. The second kappa shape index (κ2) is 8.79. The summed E-state index contributed by atoms with van der Waals surface area (Å²) in [6.45, 7) is 3.99. The zero-order valence-electron chi connectivity index (χ0n) is 17.6. The van der Waals surface area contributed by atoms with Gasteiger partial charge in [0.05, 0.1) is 18.8 Å². The van der Waals surface area contributed by atoms with Crippen LogP contribution in [0.5, 0.6) is 5.75 Å². The molecule has 0 saturated carbocycles. The predicted molar refractivity (Wildman–Crippen MR) is 118 cm³/mol. The van der Waals surface area contributed by atoms with Crippen molar-refractivity contribution in [2.45, 2.75) is 19.9 Å². The number of rotatable bonds is 6. The van der Waals surface area contributed by atoms with Crippen LogP contribution in [-0.2, 0) is 0 Å². The number of nitrogens with one attached hydrogen (secondary N) is 1. The van der Waals surface area contributed by atoms with E-state index >= 15 is 0 Å². The molecule has 1 heterocycles. The third-order valence-electron chi connectivity index (χ3n) is 5.14. The van der Waals surface area contributed by atoms with Gasteiger partial charge in [-0.3, -0.25) is 4.79 Å². The summed E-state index contributed by atoms with van der Waals surface area (Å²) < 4.78 is 6.75. The van der Waals surface area contributed by atoms with Gasteiger partial charge in [-0.05, 0) is 71.3 Å². The standard InChI is InChI=1S/C24H23N5O2/c1-16-4-6-19(7-5-16)20-12-21(14-22(13-20)29-15-25-27-28-29)24(30)26-17(2)18-8-10-23(31-3)11-9-18/h4-15,17H,1-3H3,(H,26,30)/t17-/m1/s1. The summed E-state index contributed by atoms with van der Waals surface area (Å²) in [7, 11) is 1.63. The Morgan fingerprint density at radius 2 is 1.74 bits per heavy atom. The van der Waals surface area contributed by atoms with Gasteiger partial charge in [0.2, 0.25) is 0 Å². The van der Waals surface area contributed by atoms with E-state index in [0.29, 0.717) is 11.3 Å². The Morgan fingerprint density at radius 1 is 1.00 bits per heavy atom. The van der Waals surface area contributed by atoms with Gasteiger partial charge in [-0.15, -0.1) is 5.10 Å². The Hall–Kier alpha value is -4.00. The van der Waals surface area contributed by atoms with E-state index in [1.165, 1.54) is 11.9 Å². The van der Waals surface area contributed by atoms with Crippen LogP contribution in [0.2, 0.25) is 0 Å². The summed E-state index contributed by atoms with van der Waals surface area (Å²) in [5, 5.41) is 14.5. The molecule has 4 rings (SSSR count). The monoisotopic (exact) mass is 413 g/mol. The molecule has 1 amide bonds. The minimum atomic E-state index is -0.174. The molecule has 0 aliphatic carbocycles. The number of nitrogens with zero attached hydrogens (tertiary/aromatic N) is 4. The largest absolute Gasteiger partial charge is 0.497 e. The lowest BCUT2D eigenvalue weighted by Crippen LogP contribution is -2.26. The second-order valence-electron chi connectivity index (χ2n) is 7.36. The number of tetrazole rings is 1. The maximum absolute atomic E-state index is 13.1. The fourth-order valence-corrected chi connectivity index (χ4v) is 3.32. The quantitative estimate of drug-likeness (QED) is 0.514. The van der Waals surface area contributed by atoms with Crippen LogP contribution in [0, 0.1) is 6.92 Å². The molecule has 0 saturated heterocycles. The van der Waals surface area contributed by atoms with Crippen molar-refractivity contribution in [1.29, 1.82) is 0 Å². The SMILES string of the molecule is COc1ccc([C@@H](C)NC(=O)c2cc(-c3ccc(C)cc3)cc(-n3cnnn3)c2)cc1. The van der Waals surface area contributed by atoms with E-state index in [4.69, 9.17) is 4.74 Å². The molecular weight excluding hydrogens is 390 g/mol. The van der Waals surface area contributed by atoms with Crippen LogP contribution < -0.4 is 10.1 Å². The maximum Gasteiger partial charge on any atom is 0.251 e. The third-order valence-corrected chi connectivity index (χ3v) is 5.14.